The minimum Gasteiger partial charge on any atom is -0.362 e. The SMILES string of the molecule is Cc1csc(NCCCC(=O)/C=C/C(C)(F)F)n1. The molecule has 0 spiro atoms. The lowest BCUT2D eigenvalue weighted by molar-refractivity contribution is -0.114. The van der Waals surface area contributed by atoms with Gasteiger partial charge in [0.1, 0.15) is 0 Å². The van der Waals surface area contributed by atoms with Crippen molar-refractivity contribution in [2.45, 2.75) is 32.6 Å². The molecule has 1 aromatic rings. The Kier molecular flexibility index (Phi) is 5.40. The minimum absolute atomic E-state index is 0.254. The smallest absolute Gasteiger partial charge is 0.264 e. The van der Waals surface area contributed by atoms with Gasteiger partial charge in [-0.2, -0.15) is 0 Å². The second kappa shape index (κ2) is 6.58. The zero-order valence-electron chi connectivity index (χ0n) is 10.4. The number of aromatic nitrogens is 1. The molecular weight excluding hydrogens is 258 g/mol. The quantitative estimate of drug-likeness (QED) is 0.612. The maximum atomic E-state index is 12.4. The van der Waals surface area contributed by atoms with E-state index in [1.54, 1.807) is 0 Å². The van der Waals surface area contributed by atoms with E-state index in [9.17, 15) is 13.6 Å². The van der Waals surface area contributed by atoms with Crippen molar-refractivity contribution < 1.29 is 13.6 Å². The topological polar surface area (TPSA) is 42.0 Å². The first kappa shape index (κ1) is 14.8. The van der Waals surface area contributed by atoms with E-state index in [2.05, 4.69) is 10.3 Å². The number of halogens is 2. The summed E-state index contributed by atoms with van der Waals surface area (Å²) in [5, 5.41) is 5.82. The monoisotopic (exact) mass is 274 g/mol. The number of carbonyl (C=O) groups is 1. The highest BCUT2D eigenvalue weighted by atomic mass is 32.1. The molecule has 1 N–H and O–H groups in total. The van der Waals surface area contributed by atoms with E-state index in [0.29, 0.717) is 19.0 Å². The Labute approximate surface area is 109 Å². The highest BCUT2D eigenvalue weighted by Gasteiger charge is 2.15. The van der Waals surface area contributed by atoms with Crippen molar-refractivity contribution in [1.29, 1.82) is 0 Å². The van der Waals surface area contributed by atoms with Crippen LogP contribution in [0, 0.1) is 6.92 Å². The number of nitrogens with one attached hydrogen (secondary N) is 1. The van der Waals surface area contributed by atoms with E-state index in [-0.39, 0.29) is 12.2 Å². The van der Waals surface area contributed by atoms with Crippen LogP contribution < -0.4 is 5.32 Å². The van der Waals surface area contributed by atoms with Crippen molar-refractivity contribution in [3.63, 3.8) is 0 Å². The van der Waals surface area contributed by atoms with Crippen molar-refractivity contribution in [1.82, 2.24) is 4.98 Å². The number of allylic oxidation sites excluding steroid dienone is 2. The molecule has 0 aromatic carbocycles. The number of aryl methyl sites for hydroxylation is 1. The van der Waals surface area contributed by atoms with E-state index in [1.165, 1.54) is 11.3 Å². The summed E-state index contributed by atoms with van der Waals surface area (Å²) in [5.41, 5.74) is 0.951. The Hall–Kier alpha value is -1.30. The van der Waals surface area contributed by atoms with Crippen molar-refractivity contribution in [3.8, 4) is 0 Å². The summed E-state index contributed by atoms with van der Waals surface area (Å²) in [7, 11) is 0. The second-order valence-electron chi connectivity index (χ2n) is 4.08. The maximum Gasteiger partial charge on any atom is 0.264 e. The lowest BCUT2D eigenvalue weighted by atomic mass is 10.2. The normalized spacial score (nSPS) is 12.0. The van der Waals surface area contributed by atoms with Crippen LogP contribution >= 0.6 is 11.3 Å². The van der Waals surface area contributed by atoms with E-state index < -0.39 is 5.92 Å². The predicted molar refractivity (Wildman–Crippen MR) is 69.3 cm³/mol. The molecule has 0 amide bonds. The number of hydrogen-bond acceptors (Lipinski definition) is 4. The number of rotatable bonds is 7. The average molecular weight is 274 g/mol. The fourth-order valence-electron chi connectivity index (χ4n) is 1.22. The van der Waals surface area contributed by atoms with Crippen LogP contribution in [-0.4, -0.2) is 23.2 Å². The molecule has 0 unspecified atom stereocenters. The first-order valence-electron chi connectivity index (χ1n) is 5.63. The fraction of sp³-hybridized carbons (Fsp3) is 0.500. The summed E-state index contributed by atoms with van der Waals surface area (Å²) >= 11 is 1.50. The molecule has 1 heterocycles. The van der Waals surface area contributed by atoms with E-state index in [1.807, 2.05) is 12.3 Å². The van der Waals surface area contributed by atoms with Crippen molar-refractivity contribution >= 4 is 22.3 Å². The standard InChI is InChI=1S/C12H16F2N2OS/c1-9-8-18-11(16-9)15-7-3-4-10(17)5-6-12(2,13)14/h5-6,8H,3-4,7H2,1-2H3,(H,15,16)/b6-5+. The summed E-state index contributed by atoms with van der Waals surface area (Å²) in [6.07, 6.45) is 2.43. The van der Waals surface area contributed by atoms with Crippen molar-refractivity contribution in [2.75, 3.05) is 11.9 Å². The van der Waals surface area contributed by atoms with Gasteiger partial charge in [-0.3, -0.25) is 4.79 Å². The van der Waals surface area contributed by atoms with Crippen LogP contribution in [0.25, 0.3) is 0 Å². The van der Waals surface area contributed by atoms with Crippen LogP contribution in [0.3, 0.4) is 0 Å². The molecule has 1 aromatic heterocycles. The molecule has 0 saturated heterocycles. The van der Waals surface area contributed by atoms with Gasteiger partial charge in [-0.25, -0.2) is 13.8 Å². The van der Waals surface area contributed by atoms with Gasteiger partial charge in [0.05, 0.1) is 5.69 Å². The van der Waals surface area contributed by atoms with Crippen LogP contribution in [0.1, 0.15) is 25.5 Å². The molecule has 0 atom stereocenters. The molecule has 0 saturated carbocycles. The van der Waals surface area contributed by atoms with Gasteiger partial charge in [-0.1, -0.05) is 0 Å². The van der Waals surface area contributed by atoms with E-state index in [0.717, 1.165) is 23.8 Å². The Morgan fingerprint density at radius 2 is 2.33 bits per heavy atom. The Balaban J connectivity index is 2.18. The molecule has 100 valence electrons. The van der Waals surface area contributed by atoms with Crippen molar-refractivity contribution in [2.24, 2.45) is 0 Å². The lowest BCUT2D eigenvalue weighted by Crippen LogP contribution is -2.07. The second-order valence-corrected chi connectivity index (χ2v) is 4.94. The highest BCUT2D eigenvalue weighted by Crippen LogP contribution is 2.15. The molecule has 0 aliphatic heterocycles. The molecule has 1 rings (SSSR count). The number of alkyl halides is 2. The molecule has 0 radical (unpaired) electrons. The van der Waals surface area contributed by atoms with Crippen LogP contribution in [-0.2, 0) is 4.79 Å². The third-order valence-electron chi connectivity index (χ3n) is 2.06. The minimum atomic E-state index is -2.92. The van der Waals surface area contributed by atoms with Gasteiger partial charge >= 0.3 is 0 Å². The Bertz CT molecular complexity index is 424. The van der Waals surface area contributed by atoms with E-state index in [4.69, 9.17) is 0 Å². The molecule has 0 fully saturated rings. The number of carbonyl (C=O) groups excluding carboxylic acids is 1. The number of anilines is 1. The predicted octanol–water partition coefficient (Wildman–Crippen LogP) is 3.42. The lowest BCUT2D eigenvalue weighted by Gasteiger charge is -2.02. The first-order chi connectivity index (χ1) is 8.37. The Morgan fingerprint density at radius 1 is 1.61 bits per heavy atom. The van der Waals surface area contributed by atoms with Gasteiger partial charge in [0.15, 0.2) is 10.9 Å². The van der Waals surface area contributed by atoms with Crippen LogP contribution in [0.2, 0.25) is 0 Å². The molecule has 6 heteroatoms. The summed E-state index contributed by atoms with van der Waals surface area (Å²) in [4.78, 5) is 15.4. The van der Waals surface area contributed by atoms with Gasteiger partial charge in [0, 0.05) is 25.3 Å². The fourth-order valence-corrected chi connectivity index (χ4v) is 1.93. The van der Waals surface area contributed by atoms with Gasteiger partial charge in [0.25, 0.3) is 5.92 Å². The zero-order valence-corrected chi connectivity index (χ0v) is 11.2. The van der Waals surface area contributed by atoms with Gasteiger partial charge < -0.3 is 5.32 Å². The molecule has 0 aliphatic carbocycles. The van der Waals surface area contributed by atoms with Crippen LogP contribution in [0.4, 0.5) is 13.9 Å². The number of hydrogen-bond donors (Lipinski definition) is 1. The number of nitrogens with zero attached hydrogens (tertiary/aromatic N) is 1. The molecular formula is C12H16F2N2OS. The maximum absolute atomic E-state index is 12.4. The van der Waals surface area contributed by atoms with Crippen LogP contribution in [0.5, 0.6) is 0 Å². The third kappa shape index (κ3) is 6.44. The molecule has 0 bridgehead atoms. The number of ketones is 1. The van der Waals surface area contributed by atoms with Crippen molar-refractivity contribution in [3.05, 3.63) is 23.2 Å². The molecule has 18 heavy (non-hydrogen) atoms. The Morgan fingerprint density at radius 3 is 2.89 bits per heavy atom. The number of thiazole rings is 1. The zero-order chi connectivity index (χ0) is 13.6. The van der Waals surface area contributed by atoms with Gasteiger partial charge in [-0.05, 0) is 25.5 Å². The van der Waals surface area contributed by atoms with Gasteiger partial charge in [0.2, 0.25) is 0 Å². The molecule has 3 nitrogen and oxygen atoms in total. The van der Waals surface area contributed by atoms with E-state index >= 15 is 0 Å². The average Bonchev–Trinajstić information content (AvgIpc) is 2.67. The summed E-state index contributed by atoms with van der Waals surface area (Å²) in [5.74, 6) is -3.21. The van der Waals surface area contributed by atoms with Crippen LogP contribution in [0.15, 0.2) is 17.5 Å². The highest BCUT2D eigenvalue weighted by molar-refractivity contribution is 7.13. The largest absolute Gasteiger partial charge is 0.362 e. The first-order valence-corrected chi connectivity index (χ1v) is 6.51. The summed E-state index contributed by atoms with van der Waals surface area (Å²) < 4.78 is 24.9. The summed E-state index contributed by atoms with van der Waals surface area (Å²) in [6, 6.07) is 0. The van der Waals surface area contributed by atoms with Gasteiger partial charge in [-0.15, -0.1) is 11.3 Å². The third-order valence-corrected chi connectivity index (χ3v) is 2.97. The molecule has 0 aliphatic rings. The summed E-state index contributed by atoms with van der Waals surface area (Å²) in [6.45, 7) is 3.26.